The zero-order chi connectivity index (χ0) is 16.6. The van der Waals surface area contributed by atoms with Crippen LogP contribution in [0.2, 0.25) is 5.02 Å². The molecule has 2 unspecified atom stereocenters. The van der Waals surface area contributed by atoms with Gasteiger partial charge >= 0.3 is 0 Å². The van der Waals surface area contributed by atoms with Crippen LogP contribution in [-0.2, 0) is 0 Å². The highest BCUT2D eigenvalue weighted by atomic mass is 35.5. The number of nitrogens with one attached hydrogen (secondary N) is 1. The molecule has 1 heterocycles. The van der Waals surface area contributed by atoms with Crippen molar-refractivity contribution in [3.05, 3.63) is 22.7 Å². The Hall–Kier alpha value is -0.910. The van der Waals surface area contributed by atoms with E-state index < -0.39 is 0 Å². The predicted molar refractivity (Wildman–Crippen MR) is 97.7 cm³/mol. The van der Waals surface area contributed by atoms with E-state index in [4.69, 9.17) is 17.3 Å². The number of aromatic nitrogens is 2. The molecule has 1 aromatic heterocycles. The van der Waals surface area contributed by atoms with Crippen LogP contribution in [0.5, 0.6) is 0 Å². The van der Waals surface area contributed by atoms with Crippen molar-refractivity contribution in [2.24, 2.45) is 17.6 Å². The van der Waals surface area contributed by atoms with Crippen molar-refractivity contribution < 1.29 is 4.79 Å². The fraction of sp³-hybridized carbons (Fsp3) is 0.706. The van der Waals surface area contributed by atoms with Gasteiger partial charge in [0.2, 0.25) is 0 Å². The van der Waals surface area contributed by atoms with Crippen molar-refractivity contribution in [1.29, 1.82) is 0 Å². The summed E-state index contributed by atoms with van der Waals surface area (Å²) in [7, 11) is 0. The maximum absolute atomic E-state index is 12.7. The molecular formula is C17H26Cl2N4O. The fourth-order valence-electron chi connectivity index (χ4n) is 4.06. The minimum atomic E-state index is -0.184. The molecule has 5 nitrogen and oxygen atoms in total. The van der Waals surface area contributed by atoms with E-state index in [-0.39, 0.29) is 36.3 Å². The van der Waals surface area contributed by atoms with Crippen LogP contribution >= 0.6 is 24.0 Å². The second-order valence-corrected chi connectivity index (χ2v) is 7.67. The first-order valence-electron chi connectivity index (χ1n) is 8.54. The summed E-state index contributed by atoms with van der Waals surface area (Å²) in [6, 6.07) is 0.471. The van der Waals surface area contributed by atoms with Crippen LogP contribution in [0.15, 0.2) is 6.20 Å². The molecule has 0 saturated heterocycles. The Morgan fingerprint density at radius 1 is 1.33 bits per heavy atom. The van der Waals surface area contributed by atoms with Crippen molar-refractivity contribution in [1.82, 2.24) is 15.3 Å². The fourth-order valence-corrected chi connectivity index (χ4v) is 4.24. The van der Waals surface area contributed by atoms with Gasteiger partial charge in [-0.1, -0.05) is 31.9 Å². The molecule has 3 rings (SSSR count). The van der Waals surface area contributed by atoms with Gasteiger partial charge in [-0.25, -0.2) is 9.97 Å². The quantitative estimate of drug-likeness (QED) is 0.852. The van der Waals surface area contributed by atoms with Gasteiger partial charge in [-0.3, -0.25) is 4.79 Å². The molecule has 3 N–H and O–H groups in total. The minimum Gasteiger partial charge on any atom is -0.347 e. The summed E-state index contributed by atoms with van der Waals surface area (Å²) in [5.74, 6) is 1.58. The summed E-state index contributed by atoms with van der Waals surface area (Å²) in [6.07, 6.45) is 7.04. The Bertz CT molecular complexity index is 582. The molecule has 7 heteroatoms. The molecule has 2 aliphatic carbocycles. The van der Waals surface area contributed by atoms with Crippen LogP contribution in [-0.4, -0.2) is 28.0 Å². The number of halogens is 2. The zero-order valence-electron chi connectivity index (χ0n) is 14.2. The SMILES string of the molecule is CC(C)c1ncc(Cl)c(C(=O)NC2C3CCCC2CC(N)C3)n1.Cl. The summed E-state index contributed by atoms with van der Waals surface area (Å²) in [5.41, 5.74) is 6.44. The molecule has 2 saturated carbocycles. The van der Waals surface area contributed by atoms with E-state index in [9.17, 15) is 4.79 Å². The predicted octanol–water partition coefficient (Wildman–Crippen LogP) is 3.31. The maximum atomic E-state index is 12.7. The summed E-state index contributed by atoms with van der Waals surface area (Å²) < 4.78 is 0. The van der Waals surface area contributed by atoms with E-state index in [0.717, 1.165) is 25.7 Å². The van der Waals surface area contributed by atoms with E-state index in [2.05, 4.69) is 15.3 Å². The third-order valence-electron chi connectivity index (χ3n) is 5.17. The van der Waals surface area contributed by atoms with E-state index in [1.54, 1.807) is 0 Å². The molecule has 2 atom stereocenters. The molecule has 0 radical (unpaired) electrons. The van der Waals surface area contributed by atoms with Crippen LogP contribution in [0.3, 0.4) is 0 Å². The molecule has 1 aromatic rings. The number of carbonyl (C=O) groups excluding carboxylic acids is 1. The maximum Gasteiger partial charge on any atom is 0.271 e. The molecule has 134 valence electrons. The van der Waals surface area contributed by atoms with Gasteiger partial charge in [0.15, 0.2) is 0 Å². The van der Waals surface area contributed by atoms with E-state index in [1.807, 2.05) is 13.8 Å². The summed E-state index contributed by atoms with van der Waals surface area (Å²) in [6.45, 7) is 4.00. The van der Waals surface area contributed by atoms with Crippen LogP contribution in [0, 0.1) is 11.8 Å². The van der Waals surface area contributed by atoms with Crippen LogP contribution in [0.1, 0.15) is 68.2 Å². The lowest BCUT2D eigenvalue weighted by molar-refractivity contribution is 0.0751. The van der Waals surface area contributed by atoms with Gasteiger partial charge < -0.3 is 11.1 Å². The second kappa shape index (κ2) is 7.98. The highest BCUT2D eigenvalue weighted by molar-refractivity contribution is 6.33. The third-order valence-corrected chi connectivity index (χ3v) is 5.45. The number of amides is 1. The van der Waals surface area contributed by atoms with E-state index >= 15 is 0 Å². The molecule has 1 amide bonds. The molecule has 0 aliphatic heterocycles. The Kier molecular flexibility index (Phi) is 6.46. The average molecular weight is 373 g/mol. The Balaban J connectivity index is 0.00000208. The van der Waals surface area contributed by atoms with Crippen LogP contribution in [0.4, 0.5) is 0 Å². The number of nitrogens with zero attached hydrogens (tertiary/aromatic N) is 2. The molecule has 2 aliphatic rings. The van der Waals surface area contributed by atoms with Gasteiger partial charge in [0.25, 0.3) is 5.91 Å². The average Bonchev–Trinajstić information content (AvgIpc) is 2.48. The highest BCUT2D eigenvalue weighted by Crippen LogP contribution is 2.39. The third kappa shape index (κ3) is 4.01. The largest absolute Gasteiger partial charge is 0.347 e. The van der Waals surface area contributed by atoms with Crippen molar-refractivity contribution in [3.63, 3.8) is 0 Å². The van der Waals surface area contributed by atoms with E-state index in [0.29, 0.717) is 28.4 Å². The van der Waals surface area contributed by atoms with Crippen LogP contribution in [0.25, 0.3) is 0 Å². The lowest BCUT2D eigenvalue weighted by Gasteiger charge is -2.45. The molecule has 2 fully saturated rings. The topological polar surface area (TPSA) is 80.9 Å². The molecule has 0 spiro atoms. The first-order chi connectivity index (χ1) is 11.0. The normalized spacial score (nSPS) is 29.0. The molecule has 0 aromatic carbocycles. The Labute approximate surface area is 154 Å². The Morgan fingerprint density at radius 3 is 2.54 bits per heavy atom. The van der Waals surface area contributed by atoms with Crippen molar-refractivity contribution in [2.75, 3.05) is 0 Å². The number of rotatable bonds is 3. The van der Waals surface area contributed by atoms with Gasteiger partial charge in [0.1, 0.15) is 11.5 Å². The summed E-state index contributed by atoms with van der Waals surface area (Å²) in [5, 5.41) is 3.51. The van der Waals surface area contributed by atoms with Gasteiger partial charge in [0.05, 0.1) is 11.2 Å². The summed E-state index contributed by atoms with van der Waals surface area (Å²) in [4.78, 5) is 21.3. The Morgan fingerprint density at radius 2 is 1.96 bits per heavy atom. The standard InChI is InChI=1S/C17H25ClN4O.ClH/c1-9(2)16-20-8-13(18)15(21-16)17(23)22-14-10-4-3-5-11(14)7-12(19)6-10;/h8-12,14H,3-7,19H2,1-2H3,(H,22,23);1H. The molecular weight excluding hydrogens is 347 g/mol. The summed E-state index contributed by atoms with van der Waals surface area (Å²) >= 11 is 6.15. The van der Waals surface area contributed by atoms with Crippen molar-refractivity contribution in [3.8, 4) is 0 Å². The van der Waals surface area contributed by atoms with Gasteiger partial charge in [-0.05, 0) is 37.5 Å². The molecule has 2 bridgehead atoms. The monoisotopic (exact) mass is 372 g/mol. The van der Waals surface area contributed by atoms with E-state index in [1.165, 1.54) is 12.6 Å². The number of carbonyl (C=O) groups is 1. The zero-order valence-corrected chi connectivity index (χ0v) is 15.7. The first-order valence-corrected chi connectivity index (χ1v) is 8.92. The highest BCUT2D eigenvalue weighted by Gasteiger charge is 2.40. The smallest absolute Gasteiger partial charge is 0.271 e. The van der Waals surface area contributed by atoms with Gasteiger partial charge in [0, 0.05) is 18.0 Å². The lowest BCUT2D eigenvalue weighted by Crippen LogP contribution is -2.53. The number of hydrogen-bond acceptors (Lipinski definition) is 4. The van der Waals surface area contributed by atoms with Crippen molar-refractivity contribution in [2.45, 2.75) is 64.0 Å². The number of nitrogens with two attached hydrogens (primary N) is 1. The number of fused-ring (bicyclic) bond motifs is 2. The lowest BCUT2D eigenvalue weighted by atomic mass is 9.67. The van der Waals surface area contributed by atoms with Crippen molar-refractivity contribution >= 4 is 29.9 Å². The second-order valence-electron chi connectivity index (χ2n) is 7.26. The minimum absolute atomic E-state index is 0. The number of hydrogen-bond donors (Lipinski definition) is 2. The van der Waals surface area contributed by atoms with Gasteiger partial charge in [-0.15, -0.1) is 12.4 Å². The molecule has 24 heavy (non-hydrogen) atoms. The first kappa shape index (κ1) is 19.4. The van der Waals surface area contributed by atoms with Gasteiger partial charge in [-0.2, -0.15) is 0 Å². The van der Waals surface area contributed by atoms with Crippen LogP contribution < -0.4 is 11.1 Å².